The van der Waals surface area contributed by atoms with Crippen LogP contribution < -0.4 is 0 Å². The van der Waals surface area contributed by atoms with E-state index in [2.05, 4.69) is 16.5 Å². The minimum Gasteiger partial charge on any atom is -0.225 e. The van der Waals surface area contributed by atoms with Gasteiger partial charge in [-0.2, -0.15) is 0 Å². The monoisotopic (exact) mass is 296 g/mol. The van der Waals surface area contributed by atoms with Crippen molar-refractivity contribution in [2.45, 2.75) is 5.16 Å². The van der Waals surface area contributed by atoms with Gasteiger partial charge in [-0.25, -0.2) is 18.4 Å². The molecule has 0 radical (unpaired) electrons. The number of hydrogen-bond donors (Lipinski definition) is 0. The third-order valence-corrected chi connectivity index (χ3v) is 2.79. The predicted octanol–water partition coefficient (Wildman–Crippen LogP) is 0.998. The summed E-state index contributed by atoms with van der Waals surface area (Å²) in [7, 11) is -3.48. The van der Waals surface area contributed by atoms with Crippen LogP contribution in [0, 0.1) is 3.57 Å². The molecule has 0 unspecified atom stereocenters. The number of aromatic nitrogens is 2. The maximum Gasteiger partial charge on any atom is 0.251 e. The zero-order valence-electron chi connectivity index (χ0n) is 5.94. The first-order chi connectivity index (χ1) is 5.56. The van der Waals surface area contributed by atoms with Crippen LogP contribution in [0.1, 0.15) is 0 Å². The second-order valence-corrected chi connectivity index (χ2v) is 4.93. The zero-order chi connectivity index (χ0) is 9.19. The van der Waals surface area contributed by atoms with E-state index in [4.69, 9.17) is 0 Å². The number of hydrogen-bond acceptors (Lipinski definition) is 4. The summed E-state index contributed by atoms with van der Waals surface area (Å²) in [4.78, 5) is 7.29. The molecule has 0 atom stereocenters. The highest BCUT2D eigenvalue weighted by Crippen LogP contribution is 2.06. The van der Waals surface area contributed by atoms with Crippen LogP contribution in [0.25, 0.3) is 0 Å². The highest BCUT2D eigenvalue weighted by Gasteiger charge is 2.11. The van der Waals surface area contributed by atoms with Crippen LogP contribution in [0.4, 0.5) is 0 Å². The molecule has 0 aliphatic rings. The maximum absolute atomic E-state index is 11.1. The molecule has 6 heteroatoms. The number of rotatable bonds is 2. The van der Waals surface area contributed by atoms with Crippen molar-refractivity contribution < 1.29 is 8.42 Å². The lowest BCUT2D eigenvalue weighted by molar-refractivity contribution is 0.595. The van der Waals surface area contributed by atoms with Crippen molar-refractivity contribution in [3.8, 4) is 0 Å². The van der Waals surface area contributed by atoms with Crippen LogP contribution in [-0.4, -0.2) is 18.4 Å². The molecule has 0 spiro atoms. The Morgan fingerprint density at radius 3 is 2.33 bits per heavy atom. The van der Waals surface area contributed by atoms with Crippen molar-refractivity contribution in [3.63, 3.8) is 0 Å². The highest BCUT2D eigenvalue weighted by atomic mass is 127. The molecule has 1 rings (SSSR count). The number of sulfone groups is 1. The van der Waals surface area contributed by atoms with Gasteiger partial charge in [0.15, 0.2) is 0 Å². The summed E-state index contributed by atoms with van der Waals surface area (Å²) >= 11 is 1.99. The van der Waals surface area contributed by atoms with E-state index in [1.165, 1.54) is 12.4 Å². The van der Waals surface area contributed by atoms with E-state index in [0.717, 1.165) is 8.98 Å². The summed E-state index contributed by atoms with van der Waals surface area (Å²) in [5.41, 5.74) is 0. The van der Waals surface area contributed by atoms with Gasteiger partial charge in [-0.05, 0) is 22.6 Å². The summed E-state index contributed by atoms with van der Waals surface area (Å²) in [5, 5.41) is 0.618. The standard InChI is InChI=1S/C6H5IN2O2S/c1-2-12(10,11)6-8-3-5(7)4-9-6/h2-4H,1H2. The second kappa shape index (κ2) is 3.48. The van der Waals surface area contributed by atoms with E-state index in [9.17, 15) is 8.42 Å². The number of nitrogens with zero attached hydrogens (tertiary/aromatic N) is 2. The average molecular weight is 296 g/mol. The molecule has 4 nitrogen and oxygen atoms in total. The SMILES string of the molecule is C=CS(=O)(=O)c1ncc(I)cn1. The third-order valence-electron chi connectivity index (χ3n) is 1.07. The molecular weight excluding hydrogens is 291 g/mol. The van der Waals surface area contributed by atoms with E-state index in [1.54, 1.807) is 0 Å². The van der Waals surface area contributed by atoms with Crippen molar-refractivity contribution in [3.05, 3.63) is 28.0 Å². The van der Waals surface area contributed by atoms with E-state index >= 15 is 0 Å². The van der Waals surface area contributed by atoms with Crippen molar-refractivity contribution in [2.75, 3.05) is 0 Å². The van der Waals surface area contributed by atoms with Crippen molar-refractivity contribution in [1.82, 2.24) is 9.97 Å². The lowest BCUT2D eigenvalue weighted by atomic mass is 10.7. The Labute approximate surface area is 83.8 Å². The summed E-state index contributed by atoms with van der Waals surface area (Å²) in [6, 6.07) is 0. The average Bonchev–Trinajstić information content (AvgIpc) is 2.05. The molecule has 1 heterocycles. The Hall–Kier alpha value is -0.500. The van der Waals surface area contributed by atoms with Crippen LogP contribution in [-0.2, 0) is 9.84 Å². The smallest absolute Gasteiger partial charge is 0.225 e. The topological polar surface area (TPSA) is 59.9 Å². The molecule has 0 aliphatic heterocycles. The minimum atomic E-state index is -3.48. The number of halogens is 1. The van der Waals surface area contributed by atoms with Crippen LogP contribution in [0.2, 0.25) is 0 Å². The van der Waals surface area contributed by atoms with Gasteiger partial charge in [-0.1, -0.05) is 6.58 Å². The van der Waals surface area contributed by atoms with Gasteiger partial charge in [-0.15, -0.1) is 0 Å². The third kappa shape index (κ3) is 2.01. The van der Waals surface area contributed by atoms with Gasteiger partial charge in [0.1, 0.15) is 0 Å². The van der Waals surface area contributed by atoms with Gasteiger partial charge in [0.2, 0.25) is 9.84 Å². The molecule has 64 valence electrons. The van der Waals surface area contributed by atoms with Crippen LogP contribution >= 0.6 is 22.6 Å². The Morgan fingerprint density at radius 2 is 1.92 bits per heavy atom. The van der Waals surface area contributed by atoms with E-state index < -0.39 is 9.84 Å². The zero-order valence-corrected chi connectivity index (χ0v) is 8.91. The van der Waals surface area contributed by atoms with Crippen LogP contribution in [0.3, 0.4) is 0 Å². The Kier molecular flexibility index (Phi) is 2.78. The van der Waals surface area contributed by atoms with Gasteiger partial charge < -0.3 is 0 Å². The molecule has 0 fully saturated rings. The molecule has 0 aromatic carbocycles. The Bertz CT molecular complexity index is 385. The molecule has 0 saturated carbocycles. The fraction of sp³-hybridized carbons (Fsp3) is 0. The fourth-order valence-corrected chi connectivity index (χ4v) is 1.35. The fourth-order valence-electron chi connectivity index (χ4n) is 0.522. The summed E-state index contributed by atoms with van der Waals surface area (Å²) < 4.78 is 22.9. The molecule has 12 heavy (non-hydrogen) atoms. The molecule has 1 aromatic rings. The Morgan fingerprint density at radius 1 is 1.42 bits per heavy atom. The molecule has 0 aliphatic carbocycles. The molecule has 0 amide bonds. The van der Waals surface area contributed by atoms with Gasteiger partial charge in [0.25, 0.3) is 5.16 Å². The summed E-state index contributed by atoms with van der Waals surface area (Å²) in [5.74, 6) is 0. The Balaban J connectivity index is 3.23. The molecular formula is C6H5IN2O2S. The quantitative estimate of drug-likeness (QED) is 0.603. The van der Waals surface area contributed by atoms with E-state index in [1.807, 2.05) is 22.6 Å². The van der Waals surface area contributed by atoms with Gasteiger partial charge in [0.05, 0.1) is 0 Å². The first kappa shape index (κ1) is 9.59. The van der Waals surface area contributed by atoms with Crippen molar-refractivity contribution >= 4 is 32.4 Å². The maximum atomic E-state index is 11.1. The van der Waals surface area contributed by atoms with E-state index in [-0.39, 0.29) is 5.16 Å². The lowest BCUT2D eigenvalue weighted by Crippen LogP contribution is -2.02. The van der Waals surface area contributed by atoms with Crippen molar-refractivity contribution in [2.24, 2.45) is 0 Å². The van der Waals surface area contributed by atoms with Gasteiger partial charge in [-0.3, -0.25) is 0 Å². The highest BCUT2D eigenvalue weighted by molar-refractivity contribution is 14.1. The van der Waals surface area contributed by atoms with Crippen LogP contribution in [0.5, 0.6) is 0 Å². The largest absolute Gasteiger partial charge is 0.251 e. The normalized spacial score (nSPS) is 11.1. The second-order valence-electron chi connectivity index (χ2n) is 1.90. The van der Waals surface area contributed by atoms with E-state index in [0.29, 0.717) is 0 Å². The minimum absolute atomic E-state index is 0.210. The molecule has 0 N–H and O–H groups in total. The predicted molar refractivity (Wildman–Crippen MR) is 52.1 cm³/mol. The molecule has 1 aromatic heterocycles. The summed E-state index contributed by atoms with van der Waals surface area (Å²) in [6.07, 6.45) is 2.87. The molecule has 0 bridgehead atoms. The van der Waals surface area contributed by atoms with Gasteiger partial charge in [0, 0.05) is 21.4 Å². The van der Waals surface area contributed by atoms with Gasteiger partial charge >= 0.3 is 0 Å². The first-order valence-electron chi connectivity index (χ1n) is 2.91. The van der Waals surface area contributed by atoms with Crippen LogP contribution in [0.15, 0.2) is 29.5 Å². The first-order valence-corrected chi connectivity index (χ1v) is 5.54. The molecule has 0 saturated heterocycles. The summed E-state index contributed by atoms with van der Waals surface area (Å²) in [6.45, 7) is 3.16. The van der Waals surface area contributed by atoms with Crippen molar-refractivity contribution in [1.29, 1.82) is 0 Å². The lowest BCUT2D eigenvalue weighted by Gasteiger charge is -1.94.